The molecule has 4 rings (SSSR count). The third-order valence-corrected chi connectivity index (χ3v) is 11.5. The van der Waals surface area contributed by atoms with Crippen LogP contribution in [-0.2, 0) is 4.79 Å². The Morgan fingerprint density at radius 1 is 0.862 bits per heavy atom. The first-order chi connectivity index (χ1) is 13.7. The average molecular weight is 401 g/mol. The molecule has 0 amide bonds. The van der Waals surface area contributed by atoms with E-state index >= 15 is 0 Å². The fraction of sp³-hybridized carbons (Fsp3) is 0.964. The summed E-state index contributed by atoms with van der Waals surface area (Å²) in [6.45, 7) is 15.1. The van der Waals surface area contributed by atoms with Crippen LogP contribution in [0.1, 0.15) is 112 Å². The highest BCUT2D eigenvalue weighted by Gasteiger charge is 2.60. The Kier molecular flexibility index (Phi) is 6.02. The van der Waals surface area contributed by atoms with Gasteiger partial charge in [-0.1, -0.05) is 54.4 Å². The highest BCUT2D eigenvalue weighted by atomic mass is 16.1. The summed E-state index contributed by atoms with van der Waals surface area (Å²) in [6.07, 6.45) is 14.4. The van der Waals surface area contributed by atoms with Crippen LogP contribution in [-0.4, -0.2) is 5.78 Å². The SMILES string of the molecule is CC(C)C(C)CC[C@@H](C)[C@H]1CC[C@H]2[C@@H]3CC[C@@H]4CC(=O)CC[C@]4(C)[C@H]3CC[C@]12C. The van der Waals surface area contributed by atoms with Crippen LogP contribution in [0.5, 0.6) is 0 Å². The number of ketones is 1. The minimum Gasteiger partial charge on any atom is -0.300 e. The van der Waals surface area contributed by atoms with Gasteiger partial charge < -0.3 is 0 Å². The van der Waals surface area contributed by atoms with Crippen molar-refractivity contribution in [1.29, 1.82) is 0 Å². The van der Waals surface area contributed by atoms with Crippen LogP contribution in [0, 0.1) is 58.2 Å². The van der Waals surface area contributed by atoms with Gasteiger partial charge in [-0.2, -0.15) is 0 Å². The van der Waals surface area contributed by atoms with Crippen molar-refractivity contribution in [3.63, 3.8) is 0 Å². The zero-order valence-electron chi connectivity index (χ0n) is 20.3. The molecular weight excluding hydrogens is 352 g/mol. The van der Waals surface area contributed by atoms with Crippen molar-refractivity contribution in [2.45, 2.75) is 112 Å². The van der Waals surface area contributed by atoms with Crippen LogP contribution in [0.3, 0.4) is 0 Å². The van der Waals surface area contributed by atoms with Gasteiger partial charge in [0.1, 0.15) is 5.78 Å². The van der Waals surface area contributed by atoms with E-state index in [1.807, 2.05) is 0 Å². The molecule has 0 radical (unpaired) electrons. The molecular formula is C28H48O. The van der Waals surface area contributed by atoms with Crippen molar-refractivity contribution in [3.8, 4) is 0 Å². The quantitative estimate of drug-likeness (QED) is 0.458. The maximum Gasteiger partial charge on any atom is 0.133 e. The van der Waals surface area contributed by atoms with Crippen LogP contribution in [0.25, 0.3) is 0 Å². The monoisotopic (exact) mass is 400 g/mol. The first kappa shape index (κ1) is 21.9. The summed E-state index contributed by atoms with van der Waals surface area (Å²) >= 11 is 0. The lowest BCUT2D eigenvalue weighted by molar-refractivity contribution is -0.140. The van der Waals surface area contributed by atoms with E-state index in [0.29, 0.717) is 22.5 Å². The Morgan fingerprint density at radius 2 is 1.59 bits per heavy atom. The van der Waals surface area contributed by atoms with Crippen molar-refractivity contribution >= 4 is 5.78 Å². The van der Waals surface area contributed by atoms with E-state index in [9.17, 15) is 4.79 Å². The van der Waals surface area contributed by atoms with Gasteiger partial charge in [0, 0.05) is 12.8 Å². The zero-order valence-corrected chi connectivity index (χ0v) is 20.3. The maximum absolute atomic E-state index is 12.1. The molecule has 29 heavy (non-hydrogen) atoms. The minimum atomic E-state index is 0.467. The van der Waals surface area contributed by atoms with Gasteiger partial charge in [0.2, 0.25) is 0 Å². The lowest BCUT2D eigenvalue weighted by Gasteiger charge is -2.60. The van der Waals surface area contributed by atoms with Gasteiger partial charge in [-0.15, -0.1) is 0 Å². The molecule has 1 unspecified atom stereocenters. The Bertz CT molecular complexity index is 607. The molecule has 4 fully saturated rings. The molecule has 0 saturated heterocycles. The molecule has 1 heteroatoms. The summed E-state index contributed by atoms with van der Waals surface area (Å²) in [7, 11) is 0. The first-order valence-electron chi connectivity index (χ1n) is 13.2. The Labute approximate surface area is 181 Å². The van der Waals surface area contributed by atoms with E-state index in [4.69, 9.17) is 0 Å². The predicted molar refractivity (Wildman–Crippen MR) is 123 cm³/mol. The maximum atomic E-state index is 12.1. The summed E-state index contributed by atoms with van der Waals surface area (Å²) in [6, 6.07) is 0. The number of carbonyl (C=O) groups excluding carboxylic acids is 1. The number of Topliss-reactive ketones (excluding diaryl/α,β-unsaturated/α-hetero) is 1. The van der Waals surface area contributed by atoms with Gasteiger partial charge in [0.15, 0.2) is 0 Å². The summed E-state index contributed by atoms with van der Waals surface area (Å²) in [5, 5.41) is 0. The Morgan fingerprint density at radius 3 is 2.31 bits per heavy atom. The molecule has 1 nitrogen and oxygen atoms in total. The topological polar surface area (TPSA) is 17.1 Å². The molecule has 0 spiro atoms. The Hall–Kier alpha value is -0.330. The van der Waals surface area contributed by atoms with Crippen LogP contribution < -0.4 is 0 Å². The van der Waals surface area contributed by atoms with Gasteiger partial charge in [-0.25, -0.2) is 0 Å². The van der Waals surface area contributed by atoms with Gasteiger partial charge in [-0.3, -0.25) is 4.79 Å². The molecule has 0 bridgehead atoms. The summed E-state index contributed by atoms with van der Waals surface area (Å²) < 4.78 is 0. The van der Waals surface area contributed by atoms with Gasteiger partial charge >= 0.3 is 0 Å². The van der Waals surface area contributed by atoms with Gasteiger partial charge in [-0.05, 0) is 103 Å². The van der Waals surface area contributed by atoms with Gasteiger partial charge in [0.05, 0.1) is 0 Å². The third kappa shape index (κ3) is 3.65. The fourth-order valence-electron chi connectivity index (χ4n) is 9.08. The van der Waals surface area contributed by atoms with E-state index in [2.05, 4.69) is 41.5 Å². The molecule has 166 valence electrons. The van der Waals surface area contributed by atoms with E-state index in [1.165, 1.54) is 57.8 Å². The van der Waals surface area contributed by atoms with Crippen LogP contribution in [0.4, 0.5) is 0 Å². The average Bonchev–Trinajstić information content (AvgIpc) is 3.03. The number of fused-ring (bicyclic) bond motifs is 5. The highest BCUT2D eigenvalue weighted by Crippen LogP contribution is 2.68. The third-order valence-electron chi connectivity index (χ3n) is 11.5. The minimum absolute atomic E-state index is 0.467. The first-order valence-corrected chi connectivity index (χ1v) is 13.2. The number of hydrogen-bond acceptors (Lipinski definition) is 1. The molecule has 4 saturated carbocycles. The molecule has 0 aromatic heterocycles. The van der Waals surface area contributed by atoms with Crippen molar-refractivity contribution in [1.82, 2.24) is 0 Å². The van der Waals surface area contributed by atoms with Crippen LogP contribution in [0.15, 0.2) is 0 Å². The largest absolute Gasteiger partial charge is 0.300 e. The van der Waals surface area contributed by atoms with Crippen molar-refractivity contribution < 1.29 is 4.79 Å². The van der Waals surface area contributed by atoms with E-state index in [0.717, 1.165) is 54.3 Å². The van der Waals surface area contributed by atoms with E-state index in [-0.39, 0.29) is 0 Å². The second-order valence-corrected chi connectivity index (χ2v) is 12.9. The molecule has 0 aliphatic heterocycles. The fourth-order valence-corrected chi connectivity index (χ4v) is 9.08. The van der Waals surface area contributed by atoms with E-state index in [1.54, 1.807) is 0 Å². The molecule has 9 atom stereocenters. The van der Waals surface area contributed by atoms with Crippen molar-refractivity contribution in [2.24, 2.45) is 58.2 Å². The van der Waals surface area contributed by atoms with Crippen LogP contribution >= 0.6 is 0 Å². The van der Waals surface area contributed by atoms with Crippen LogP contribution in [0.2, 0.25) is 0 Å². The Balaban J connectivity index is 1.46. The smallest absolute Gasteiger partial charge is 0.133 e. The number of rotatable bonds is 5. The van der Waals surface area contributed by atoms with E-state index < -0.39 is 0 Å². The lowest BCUT2D eigenvalue weighted by Crippen LogP contribution is -2.53. The molecule has 4 aliphatic rings. The molecule has 0 aromatic carbocycles. The normalized spacial score (nSPS) is 46.7. The summed E-state index contributed by atoms with van der Waals surface area (Å²) in [5.74, 6) is 7.60. The molecule has 0 aromatic rings. The second kappa shape index (κ2) is 7.98. The number of hydrogen-bond donors (Lipinski definition) is 0. The van der Waals surface area contributed by atoms with Crippen molar-refractivity contribution in [2.75, 3.05) is 0 Å². The second-order valence-electron chi connectivity index (χ2n) is 12.9. The van der Waals surface area contributed by atoms with Gasteiger partial charge in [0.25, 0.3) is 0 Å². The van der Waals surface area contributed by atoms with Crippen molar-refractivity contribution in [3.05, 3.63) is 0 Å². The standard InChI is InChI=1S/C28H48O/c1-18(2)19(3)7-8-20(4)24-11-12-25-23-10-9-21-17-22(29)13-15-27(21,5)26(23)14-16-28(24,25)6/h18-21,23-26H,7-17H2,1-6H3/t19?,20-,21-,23+,24-,25+,26+,27+,28-/m1/s1. The molecule has 0 heterocycles. The molecule has 4 aliphatic carbocycles. The summed E-state index contributed by atoms with van der Waals surface area (Å²) in [4.78, 5) is 12.1. The highest BCUT2D eigenvalue weighted by molar-refractivity contribution is 5.79. The molecule has 0 N–H and O–H groups in total. The zero-order chi connectivity index (χ0) is 21.0. The predicted octanol–water partition coefficient (Wildman–Crippen LogP) is 7.92. The lowest BCUT2D eigenvalue weighted by atomic mass is 9.44. The number of carbonyl (C=O) groups is 1. The summed E-state index contributed by atoms with van der Waals surface area (Å²) in [5.41, 5.74) is 1.06.